The van der Waals surface area contributed by atoms with Gasteiger partial charge in [-0.25, -0.2) is 9.97 Å². The Morgan fingerprint density at radius 1 is 1.16 bits per heavy atom. The quantitative estimate of drug-likeness (QED) is 0.659. The summed E-state index contributed by atoms with van der Waals surface area (Å²) in [6, 6.07) is 5.57. The van der Waals surface area contributed by atoms with E-state index in [2.05, 4.69) is 9.97 Å². The van der Waals surface area contributed by atoms with E-state index in [1.54, 1.807) is 13.0 Å². The van der Waals surface area contributed by atoms with E-state index in [1.165, 1.54) is 0 Å². The van der Waals surface area contributed by atoms with Crippen LogP contribution in [0.1, 0.15) is 16.8 Å². The van der Waals surface area contributed by atoms with Crippen molar-refractivity contribution >= 4 is 11.6 Å². The van der Waals surface area contributed by atoms with E-state index < -0.39 is 4.92 Å². The average molecular weight is 258 g/mol. The Balaban J connectivity index is 2.73. The van der Waals surface area contributed by atoms with Gasteiger partial charge in [0.1, 0.15) is 5.69 Å². The summed E-state index contributed by atoms with van der Waals surface area (Å²) in [6.45, 7) is 5.48. The van der Waals surface area contributed by atoms with Crippen LogP contribution in [0.3, 0.4) is 0 Å². The van der Waals surface area contributed by atoms with Crippen molar-refractivity contribution in [3.8, 4) is 11.3 Å². The van der Waals surface area contributed by atoms with Crippen LogP contribution in [0.4, 0.5) is 11.6 Å². The van der Waals surface area contributed by atoms with Crippen molar-refractivity contribution in [1.29, 1.82) is 0 Å². The fourth-order valence-corrected chi connectivity index (χ4v) is 1.90. The van der Waals surface area contributed by atoms with Crippen LogP contribution in [0, 0.1) is 30.9 Å². The van der Waals surface area contributed by atoms with Gasteiger partial charge >= 0.3 is 5.69 Å². The van der Waals surface area contributed by atoms with Crippen molar-refractivity contribution < 1.29 is 4.92 Å². The fourth-order valence-electron chi connectivity index (χ4n) is 1.90. The molecular weight excluding hydrogens is 244 g/mol. The molecule has 98 valence electrons. The Labute approximate surface area is 110 Å². The lowest BCUT2D eigenvalue weighted by Gasteiger charge is -2.07. The van der Waals surface area contributed by atoms with Crippen LogP contribution in [0.25, 0.3) is 11.3 Å². The molecule has 0 fully saturated rings. The van der Waals surface area contributed by atoms with Crippen molar-refractivity contribution in [1.82, 2.24) is 9.97 Å². The zero-order valence-electron chi connectivity index (χ0n) is 11.0. The fraction of sp³-hybridized carbons (Fsp3) is 0.231. The van der Waals surface area contributed by atoms with Gasteiger partial charge in [-0.1, -0.05) is 12.1 Å². The average Bonchev–Trinajstić information content (AvgIpc) is 2.31. The number of nitrogens with zero attached hydrogens (tertiary/aromatic N) is 3. The zero-order valence-corrected chi connectivity index (χ0v) is 11.0. The van der Waals surface area contributed by atoms with Gasteiger partial charge in [0.25, 0.3) is 0 Å². The zero-order chi connectivity index (χ0) is 14.2. The Hall–Kier alpha value is -2.50. The number of anilines is 1. The molecule has 0 spiro atoms. The van der Waals surface area contributed by atoms with E-state index in [4.69, 9.17) is 5.73 Å². The first kappa shape index (κ1) is 12.9. The van der Waals surface area contributed by atoms with Gasteiger partial charge in [0.15, 0.2) is 5.69 Å². The molecule has 0 aliphatic carbocycles. The Bertz CT molecular complexity index is 668. The highest BCUT2D eigenvalue weighted by atomic mass is 16.6. The second-order valence-corrected chi connectivity index (χ2v) is 4.42. The van der Waals surface area contributed by atoms with Gasteiger partial charge in [-0.15, -0.1) is 0 Å². The second kappa shape index (κ2) is 4.64. The molecule has 0 bridgehead atoms. The first-order chi connectivity index (χ1) is 8.90. The summed E-state index contributed by atoms with van der Waals surface area (Å²) in [5.41, 5.74) is 8.85. The number of aromatic nitrogens is 2. The summed E-state index contributed by atoms with van der Waals surface area (Å²) in [4.78, 5) is 18.6. The summed E-state index contributed by atoms with van der Waals surface area (Å²) in [5.74, 6) is 0.0383. The van der Waals surface area contributed by atoms with Crippen LogP contribution >= 0.6 is 0 Å². The molecule has 2 N–H and O–H groups in total. The largest absolute Gasteiger partial charge is 0.368 e. The van der Waals surface area contributed by atoms with Gasteiger partial charge in [-0.2, -0.15) is 0 Å². The minimum Gasteiger partial charge on any atom is -0.368 e. The standard InChI is InChI=1S/C13H14N4O2/c1-7-4-5-10(6-8(7)2)11-12(17(18)19)9(3)15-13(14)16-11/h4-6H,1-3H3,(H2,14,15,16). The molecule has 0 aliphatic heterocycles. The van der Waals surface area contributed by atoms with E-state index >= 15 is 0 Å². The molecule has 2 rings (SSSR count). The van der Waals surface area contributed by atoms with Crippen LogP contribution in [-0.4, -0.2) is 14.9 Å². The van der Waals surface area contributed by atoms with Crippen LogP contribution < -0.4 is 5.73 Å². The van der Waals surface area contributed by atoms with Gasteiger partial charge in [0.05, 0.1) is 4.92 Å². The maximum absolute atomic E-state index is 11.2. The molecule has 2 aromatic rings. The Kier molecular flexibility index (Phi) is 3.16. The summed E-state index contributed by atoms with van der Waals surface area (Å²) in [5, 5.41) is 11.2. The molecule has 0 aliphatic rings. The molecule has 6 nitrogen and oxygen atoms in total. The highest BCUT2D eigenvalue weighted by Gasteiger charge is 2.22. The maximum Gasteiger partial charge on any atom is 0.316 e. The van der Waals surface area contributed by atoms with E-state index in [1.807, 2.05) is 26.0 Å². The molecular formula is C13H14N4O2. The van der Waals surface area contributed by atoms with Gasteiger partial charge < -0.3 is 5.73 Å². The number of hydrogen-bond donors (Lipinski definition) is 1. The molecule has 0 saturated carbocycles. The first-order valence-electron chi connectivity index (χ1n) is 5.76. The van der Waals surface area contributed by atoms with E-state index in [-0.39, 0.29) is 23.0 Å². The number of aryl methyl sites for hydroxylation is 3. The van der Waals surface area contributed by atoms with Crippen molar-refractivity contribution in [3.63, 3.8) is 0 Å². The highest BCUT2D eigenvalue weighted by molar-refractivity contribution is 5.72. The minimum absolute atomic E-state index is 0.0383. The third-order valence-corrected chi connectivity index (χ3v) is 3.04. The number of hydrogen-bond acceptors (Lipinski definition) is 5. The maximum atomic E-state index is 11.2. The van der Waals surface area contributed by atoms with E-state index in [0.717, 1.165) is 11.1 Å². The lowest BCUT2D eigenvalue weighted by Crippen LogP contribution is -2.04. The van der Waals surface area contributed by atoms with Crippen molar-refractivity contribution in [2.45, 2.75) is 20.8 Å². The molecule has 19 heavy (non-hydrogen) atoms. The smallest absolute Gasteiger partial charge is 0.316 e. The van der Waals surface area contributed by atoms with Crippen LogP contribution in [-0.2, 0) is 0 Å². The van der Waals surface area contributed by atoms with Crippen LogP contribution in [0.15, 0.2) is 18.2 Å². The number of benzene rings is 1. The summed E-state index contributed by atoms with van der Waals surface area (Å²) >= 11 is 0. The topological polar surface area (TPSA) is 94.9 Å². The molecule has 1 heterocycles. The Morgan fingerprint density at radius 2 is 1.84 bits per heavy atom. The summed E-state index contributed by atoms with van der Waals surface area (Å²) in [6.07, 6.45) is 0. The number of nitrogen functional groups attached to an aromatic ring is 1. The van der Waals surface area contributed by atoms with Gasteiger partial charge in [0, 0.05) is 5.56 Å². The van der Waals surface area contributed by atoms with Gasteiger partial charge in [0.2, 0.25) is 5.95 Å². The highest BCUT2D eigenvalue weighted by Crippen LogP contribution is 2.31. The van der Waals surface area contributed by atoms with Crippen molar-refractivity contribution in [3.05, 3.63) is 45.1 Å². The van der Waals surface area contributed by atoms with E-state index in [0.29, 0.717) is 5.56 Å². The molecule has 0 amide bonds. The lowest BCUT2D eigenvalue weighted by atomic mass is 10.0. The molecule has 0 radical (unpaired) electrons. The summed E-state index contributed by atoms with van der Waals surface area (Å²) < 4.78 is 0. The van der Waals surface area contributed by atoms with Crippen LogP contribution in [0.5, 0.6) is 0 Å². The third kappa shape index (κ3) is 2.37. The number of nitrogens with two attached hydrogens (primary N) is 1. The number of nitro groups is 1. The molecule has 0 saturated heterocycles. The third-order valence-electron chi connectivity index (χ3n) is 3.04. The SMILES string of the molecule is Cc1ccc(-c2nc(N)nc(C)c2[N+](=O)[O-])cc1C. The Morgan fingerprint density at radius 3 is 2.42 bits per heavy atom. The normalized spacial score (nSPS) is 10.5. The van der Waals surface area contributed by atoms with Gasteiger partial charge in [-0.3, -0.25) is 10.1 Å². The van der Waals surface area contributed by atoms with Gasteiger partial charge in [-0.05, 0) is 38.0 Å². The van der Waals surface area contributed by atoms with Crippen molar-refractivity contribution in [2.24, 2.45) is 0 Å². The second-order valence-electron chi connectivity index (χ2n) is 4.42. The lowest BCUT2D eigenvalue weighted by molar-refractivity contribution is -0.385. The minimum atomic E-state index is -0.473. The number of rotatable bonds is 2. The van der Waals surface area contributed by atoms with E-state index in [9.17, 15) is 10.1 Å². The van der Waals surface area contributed by atoms with Crippen LogP contribution in [0.2, 0.25) is 0 Å². The molecule has 0 atom stereocenters. The predicted molar refractivity (Wildman–Crippen MR) is 72.7 cm³/mol. The monoisotopic (exact) mass is 258 g/mol. The summed E-state index contributed by atoms with van der Waals surface area (Å²) in [7, 11) is 0. The molecule has 6 heteroatoms. The molecule has 0 unspecified atom stereocenters. The first-order valence-corrected chi connectivity index (χ1v) is 5.76. The molecule has 1 aromatic heterocycles. The molecule has 1 aromatic carbocycles. The predicted octanol–water partition coefficient (Wildman–Crippen LogP) is 2.56. The van der Waals surface area contributed by atoms with Crippen molar-refractivity contribution in [2.75, 3.05) is 5.73 Å².